The number of carboxylic acid groups (broad SMARTS) is 1. The van der Waals surface area contributed by atoms with Crippen LogP contribution in [0.3, 0.4) is 0 Å². The van der Waals surface area contributed by atoms with Crippen LogP contribution in [0.25, 0.3) is 0 Å². The molecule has 1 atom stereocenters. The van der Waals surface area contributed by atoms with Gasteiger partial charge in [-0.05, 0) is 6.07 Å². The number of hydrogen-bond donors (Lipinski definition) is 2. The van der Waals surface area contributed by atoms with Crippen LogP contribution in [0.5, 0.6) is 0 Å². The molecule has 94 valence electrons. The SMILES string of the molecule is O=C(O)c1coc(CN2CCOC(CO)C2)c1. The Kier molecular flexibility index (Phi) is 3.78. The number of nitrogens with zero attached hydrogens (tertiary/aromatic N) is 1. The van der Waals surface area contributed by atoms with Crippen LogP contribution in [0, 0.1) is 0 Å². The molecule has 2 heterocycles. The van der Waals surface area contributed by atoms with Crippen LogP contribution in [-0.4, -0.2) is 53.5 Å². The molecule has 1 aromatic heterocycles. The normalized spacial score (nSPS) is 21.6. The largest absolute Gasteiger partial charge is 0.478 e. The van der Waals surface area contributed by atoms with Crippen molar-refractivity contribution in [2.75, 3.05) is 26.3 Å². The minimum Gasteiger partial charge on any atom is -0.478 e. The molecule has 1 aromatic rings. The number of rotatable bonds is 4. The van der Waals surface area contributed by atoms with Crippen LogP contribution in [0.15, 0.2) is 16.7 Å². The number of furan rings is 1. The van der Waals surface area contributed by atoms with E-state index in [1.165, 1.54) is 12.3 Å². The van der Waals surface area contributed by atoms with Gasteiger partial charge in [0.1, 0.15) is 12.0 Å². The van der Waals surface area contributed by atoms with E-state index in [-0.39, 0.29) is 18.3 Å². The minimum atomic E-state index is -0.991. The van der Waals surface area contributed by atoms with Gasteiger partial charge in [0.2, 0.25) is 0 Å². The number of carboxylic acids is 1. The van der Waals surface area contributed by atoms with Crippen molar-refractivity contribution >= 4 is 5.97 Å². The number of aliphatic hydroxyl groups excluding tert-OH is 1. The molecule has 1 aliphatic heterocycles. The van der Waals surface area contributed by atoms with Gasteiger partial charge in [-0.15, -0.1) is 0 Å². The molecule has 1 aliphatic rings. The van der Waals surface area contributed by atoms with Crippen molar-refractivity contribution in [2.45, 2.75) is 12.6 Å². The first-order chi connectivity index (χ1) is 8.19. The highest BCUT2D eigenvalue weighted by atomic mass is 16.5. The fourth-order valence-electron chi connectivity index (χ4n) is 1.83. The summed E-state index contributed by atoms with van der Waals surface area (Å²) in [4.78, 5) is 12.7. The number of carbonyl (C=O) groups is 1. The maximum atomic E-state index is 10.7. The van der Waals surface area contributed by atoms with Crippen molar-refractivity contribution in [2.24, 2.45) is 0 Å². The summed E-state index contributed by atoms with van der Waals surface area (Å²) >= 11 is 0. The van der Waals surface area contributed by atoms with Crippen LogP contribution in [0.2, 0.25) is 0 Å². The van der Waals surface area contributed by atoms with Gasteiger partial charge in [-0.25, -0.2) is 4.79 Å². The Morgan fingerprint density at radius 2 is 2.41 bits per heavy atom. The lowest BCUT2D eigenvalue weighted by atomic mass is 10.2. The van der Waals surface area contributed by atoms with E-state index >= 15 is 0 Å². The Labute approximate surface area is 98.4 Å². The van der Waals surface area contributed by atoms with Crippen molar-refractivity contribution in [1.29, 1.82) is 0 Å². The lowest BCUT2D eigenvalue weighted by molar-refractivity contribution is -0.0564. The standard InChI is InChI=1S/C11H15NO5/c13-6-10-5-12(1-2-16-10)4-9-3-8(7-17-9)11(14)15/h3,7,10,13H,1-2,4-6H2,(H,14,15). The molecule has 0 saturated carbocycles. The Morgan fingerprint density at radius 3 is 3.06 bits per heavy atom. The summed E-state index contributed by atoms with van der Waals surface area (Å²) in [7, 11) is 0. The molecule has 0 amide bonds. The molecular weight excluding hydrogens is 226 g/mol. The molecule has 0 radical (unpaired) electrons. The molecule has 2 rings (SSSR count). The van der Waals surface area contributed by atoms with Gasteiger partial charge in [0.25, 0.3) is 0 Å². The van der Waals surface area contributed by atoms with Crippen molar-refractivity contribution < 1.29 is 24.2 Å². The van der Waals surface area contributed by atoms with Gasteiger partial charge in [0, 0.05) is 13.1 Å². The highest BCUT2D eigenvalue weighted by Crippen LogP contribution is 2.13. The van der Waals surface area contributed by atoms with Crippen LogP contribution < -0.4 is 0 Å². The Hall–Kier alpha value is -1.37. The zero-order valence-electron chi connectivity index (χ0n) is 9.33. The summed E-state index contributed by atoms with van der Waals surface area (Å²) in [6.07, 6.45) is 1.07. The molecule has 1 fully saturated rings. The number of hydrogen-bond acceptors (Lipinski definition) is 5. The molecule has 0 aliphatic carbocycles. The number of morpholine rings is 1. The van der Waals surface area contributed by atoms with Crippen LogP contribution >= 0.6 is 0 Å². The van der Waals surface area contributed by atoms with Gasteiger partial charge < -0.3 is 19.4 Å². The topological polar surface area (TPSA) is 83.1 Å². The second-order valence-corrected chi connectivity index (χ2v) is 4.02. The van der Waals surface area contributed by atoms with E-state index in [4.69, 9.17) is 19.4 Å². The second kappa shape index (κ2) is 5.31. The third kappa shape index (κ3) is 3.06. The third-order valence-electron chi connectivity index (χ3n) is 2.71. The highest BCUT2D eigenvalue weighted by molar-refractivity contribution is 5.87. The number of aliphatic hydroxyl groups is 1. The smallest absolute Gasteiger partial charge is 0.338 e. The van der Waals surface area contributed by atoms with E-state index in [0.717, 1.165) is 6.54 Å². The Bertz CT molecular complexity index is 389. The molecule has 1 unspecified atom stereocenters. The molecule has 0 spiro atoms. The van der Waals surface area contributed by atoms with Gasteiger partial charge >= 0.3 is 5.97 Å². The van der Waals surface area contributed by atoms with Gasteiger partial charge in [-0.1, -0.05) is 0 Å². The Morgan fingerprint density at radius 1 is 1.59 bits per heavy atom. The van der Waals surface area contributed by atoms with Crippen molar-refractivity contribution in [3.63, 3.8) is 0 Å². The summed E-state index contributed by atoms with van der Waals surface area (Å²) in [5.41, 5.74) is 0.159. The first-order valence-corrected chi connectivity index (χ1v) is 5.44. The molecule has 0 aromatic carbocycles. The minimum absolute atomic E-state index is 0.00493. The van der Waals surface area contributed by atoms with Crippen LogP contribution in [0.4, 0.5) is 0 Å². The van der Waals surface area contributed by atoms with E-state index in [9.17, 15) is 4.79 Å². The first kappa shape index (κ1) is 12.1. The van der Waals surface area contributed by atoms with Gasteiger partial charge in [0.05, 0.1) is 31.4 Å². The maximum Gasteiger partial charge on any atom is 0.338 e. The predicted molar refractivity (Wildman–Crippen MR) is 57.8 cm³/mol. The summed E-state index contributed by atoms with van der Waals surface area (Å²) < 4.78 is 10.5. The maximum absolute atomic E-state index is 10.7. The summed E-state index contributed by atoms with van der Waals surface area (Å²) in [5.74, 6) is -0.379. The number of ether oxygens (including phenoxy) is 1. The molecule has 1 saturated heterocycles. The van der Waals surface area contributed by atoms with Crippen LogP contribution in [0.1, 0.15) is 16.1 Å². The number of aromatic carboxylic acids is 1. The molecular formula is C11H15NO5. The molecule has 6 heteroatoms. The van der Waals surface area contributed by atoms with E-state index in [0.29, 0.717) is 25.5 Å². The lowest BCUT2D eigenvalue weighted by Gasteiger charge is -2.31. The average Bonchev–Trinajstić information content (AvgIpc) is 2.78. The molecule has 17 heavy (non-hydrogen) atoms. The van der Waals surface area contributed by atoms with Crippen LogP contribution in [-0.2, 0) is 11.3 Å². The summed E-state index contributed by atoms with van der Waals surface area (Å²) in [5, 5.41) is 17.8. The lowest BCUT2D eigenvalue weighted by Crippen LogP contribution is -2.43. The van der Waals surface area contributed by atoms with E-state index < -0.39 is 5.97 Å². The predicted octanol–water partition coefficient (Wildman–Crippen LogP) is 0.171. The highest BCUT2D eigenvalue weighted by Gasteiger charge is 2.21. The van der Waals surface area contributed by atoms with Gasteiger partial charge in [-0.3, -0.25) is 4.90 Å². The van der Waals surface area contributed by atoms with Gasteiger partial charge in [-0.2, -0.15) is 0 Å². The van der Waals surface area contributed by atoms with Crippen molar-refractivity contribution in [1.82, 2.24) is 4.90 Å². The first-order valence-electron chi connectivity index (χ1n) is 5.44. The molecule has 6 nitrogen and oxygen atoms in total. The van der Waals surface area contributed by atoms with Crippen molar-refractivity contribution in [3.8, 4) is 0 Å². The fraction of sp³-hybridized carbons (Fsp3) is 0.545. The molecule has 2 N–H and O–H groups in total. The summed E-state index contributed by atoms with van der Waals surface area (Å²) in [6, 6.07) is 1.52. The zero-order valence-corrected chi connectivity index (χ0v) is 9.33. The quantitative estimate of drug-likeness (QED) is 0.782. The fourth-order valence-corrected chi connectivity index (χ4v) is 1.83. The van der Waals surface area contributed by atoms with E-state index in [1.54, 1.807) is 0 Å². The van der Waals surface area contributed by atoms with E-state index in [1.807, 2.05) is 0 Å². The molecule has 0 bridgehead atoms. The van der Waals surface area contributed by atoms with E-state index in [2.05, 4.69) is 4.90 Å². The second-order valence-electron chi connectivity index (χ2n) is 4.02. The van der Waals surface area contributed by atoms with Crippen molar-refractivity contribution in [3.05, 3.63) is 23.7 Å². The summed E-state index contributed by atoms with van der Waals surface area (Å²) in [6.45, 7) is 2.47. The Balaban J connectivity index is 1.93. The average molecular weight is 241 g/mol. The monoisotopic (exact) mass is 241 g/mol. The third-order valence-corrected chi connectivity index (χ3v) is 2.71. The van der Waals surface area contributed by atoms with Gasteiger partial charge in [0.15, 0.2) is 0 Å². The zero-order chi connectivity index (χ0) is 12.3.